The average molecular weight is 216 g/mol. The molecule has 1 aromatic rings. The lowest BCUT2D eigenvalue weighted by atomic mass is 9.96. The zero-order valence-electron chi connectivity index (χ0n) is 9.95. The van der Waals surface area contributed by atoms with Crippen LogP contribution in [0.15, 0.2) is 24.3 Å². The zero-order valence-corrected chi connectivity index (χ0v) is 9.95. The molecule has 1 fully saturated rings. The minimum atomic E-state index is 0.414. The molecule has 0 bridgehead atoms. The molecule has 1 aliphatic carbocycles. The Bertz CT molecular complexity index is 395. The van der Waals surface area contributed by atoms with Crippen molar-refractivity contribution < 1.29 is 0 Å². The third-order valence-electron chi connectivity index (χ3n) is 4.58. The van der Waals surface area contributed by atoms with Crippen LogP contribution in [0.5, 0.6) is 0 Å². The highest BCUT2D eigenvalue weighted by Gasteiger charge is 2.49. The third kappa shape index (κ3) is 1.36. The molecule has 2 aliphatic rings. The van der Waals surface area contributed by atoms with Gasteiger partial charge in [0.05, 0.1) is 0 Å². The Morgan fingerprint density at radius 1 is 1.38 bits per heavy atom. The lowest BCUT2D eigenvalue weighted by Crippen LogP contribution is -2.42. The van der Waals surface area contributed by atoms with Crippen molar-refractivity contribution in [3.05, 3.63) is 29.8 Å². The van der Waals surface area contributed by atoms with Gasteiger partial charge in [0.1, 0.15) is 0 Å². The Morgan fingerprint density at radius 2 is 2.12 bits per heavy atom. The molecule has 0 radical (unpaired) electrons. The fourth-order valence-electron chi connectivity index (χ4n) is 3.05. The van der Waals surface area contributed by atoms with E-state index < -0.39 is 0 Å². The number of rotatable bonds is 3. The quantitative estimate of drug-likeness (QED) is 0.839. The van der Waals surface area contributed by atoms with Crippen LogP contribution in [0.4, 0.5) is 5.69 Å². The normalized spacial score (nSPS) is 23.0. The van der Waals surface area contributed by atoms with Gasteiger partial charge in [-0.2, -0.15) is 0 Å². The summed E-state index contributed by atoms with van der Waals surface area (Å²) in [5.74, 6) is 0. The minimum absolute atomic E-state index is 0.414. The van der Waals surface area contributed by atoms with Crippen molar-refractivity contribution in [3.63, 3.8) is 0 Å². The summed E-state index contributed by atoms with van der Waals surface area (Å²) >= 11 is 0. The molecule has 1 aromatic carbocycles. The number of fused-ring (bicyclic) bond motifs is 1. The molecule has 86 valence electrons. The number of nitrogens with two attached hydrogens (primary N) is 1. The highest BCUT2D eigenvalue weighted by Crippen LogP contribution is 2.51. The summed E-state index contributed by atoms with van der Waals surface area (Å²) in [4.78, 5) is 2.56. The smallest absolute Gasteiger partial charge is 0.0402 e. The van der Waals surface area contributed by atoms with Crippen LogP contribution >= 0.6 is 0 Å². The van der Waals surface area contributed by atoms with E-state index in [1.54, 1.807) is 0 Å². The molecule has 1 unspecified atom stereocenters. The molecule has 1 heterocycles. The fourth-order valence-corrected chi connectivity index (χ4v) is 3.05. The van der Waals surface area contributed by atoms with Crippen LogP contribution in [-0.4, -0.2) is 19.1 Å². The van der Waals surface area contributed by atoms with Crippen molar-refractivity contribution in [1.29, 1.82) is 0 Å². The molecule has 1 saturated carbocycles. The Kier molecular flexibility index (Phi) is 2.21. The van der Waals surface area contributed by atoms with Crippen molar-refractivity contribution >= 4 is 5.69 Å². The first-order valence-electron chi connectivity index (χ1n) is 6.31. The molecule has 0 amide bonds. The predicted octanol–water partition coefficient (Wildman–Crippen LogP) is 2.18. The van der Waals surface area contributed by atoms with Crippen molar-refractivity contribution in [2.75, 3.05) is 18.0 Å². The Hall–Kier alpha value is -1.02. The molecule has 1 atom stereocenters. The van der Waals surface area contributed by atoms with E-state index in [0.717, 1.165) is 6.54 Å². The van der Waals surface area contributed by atoms with Crippen molar-refractivity contribution in [1.82, 2.24) is 0 Å². The van der Waals surface area contributed by atoms with E-state index >= 15 is 0 Å². The monoisotopic (exact) mass is 216 g/mol. The second-order valence-electron chi connectivity index (χ2n) is 5.31. The van der Waals surface area contributed by atoms with Gasteiger partial charge in [-0.05, 0) is 44.4 Å². The summed E-state index contributed by atoms with van der Waals surface area (Å²) in [6.07, 6.45) is 3.81. The minimum Gasteiger partial charge on any atom is -0.368 e. The lowest BCUT2D eigenvalue weighted by Gasteiger charge is -2.33. The van der Waals surface area contributed by atoms with Gasteiger partial charge in [-0.1, -0.05) is 18.2 Å². The van der Waals surface area contributed by atoms with Crippen LogP contribution in [0, 0.1) is 5.41 Å². The molecule has 16 heavy (non-hydrogen) atoms. The van der Waals surface area contributed by atoms with Crippen LogP contribution in [-0.2, 0) is 6.42 Å². The van der Waals surface area contributed by atoms with Crippen LogP contribution in [0.1, 0.15) is 25.3 Å². The van der Waals surface area contributed by atoms with Gasteiger partial charge in [0.2, 0.25) is 0 Å². The van der Waals surface area contributed by atoms with E-state index in [9.17, 15) is 0 Å². The Labute approximate surface area is 97.4 Å². The second kappa shape index (κ2) is 3.49. The summed E-state index contributed by atoms with van der Waals surface area (Å²) in [6.45, 7) is 4.36. The van der Waals surface area contributed by atoms with Crippen LogP contribution in [0.25, 0.3) is 0 Å². The predicted molar refractivity (Wildman–Crippen MR) is 67.7 cm³/mol. The van der Waals surface area contributed by atoms with Gasteiger partial charge in [0.15, 0.2) is 0 Å². The molecule has 3 rings (SSSR count). The maximum atomic E-state index is 5.93. The van der Waals surface area contributed by atoms with Gasteiger partial charge in [0, 0.05) is 23.7 Å². The van der Waals surface area contributed by atoms with E-state index in [2.05, 4.69) is 36.1 Å². The van der Waals surface area contributed by atoms with Crippen molar-refractivity contribution in [2.45, 2.75) is 32.2 Å². The van der Waals surface area contributed by atoms with Crippen LogP contribution < -0.4 is 10.6 Å². The van der Waals surface area contributed by atoms with Gasteiger partial charge >= 0.3 is 0 Å². The Balaban J connectivity index is 1.87. The van der Waals surface area contributed by atoms with E-state index in [0.29, 0.717) is 11.5 Å². The maximum Gasteiger partial charge on any atom is 0.0402 e. The number of benzene rings is 1. The Morgan fingerprint density at radius 3 is 2.81 bits per heavy atom. The van der Waals surface area contributed by atoms with Crippen LogP contribution in [0.2, 0.25) is 0 Å². The molecular weight excluding hydrogens is 196 g/mol. The zero-order chi connectivity index (χ0) is 11.2. The number of nitrogens with zero attached hydrogens (tertiary/aromatic N) is 1. The first-order valence-corrected chi connectivity index (χ1v) is 6.31. The highest BCUT2D eigenvalue weighted by molar-refractivity contribution is 5.59. The summed E-state index contributed by atoms with van der Waals surface area (Å²) < 4.78 is 0. The fraction of sp³-hybridized carbons (Fsp3) is 0.571. The van der Waals surface area contributed by atoms with Gasteiger partial charge in [-0.3, -0.25) is 0 Å². The molecule has 0 spiro atoms. The maximum absolute atomic E-state index is 5.93. The highest BCUT2D eigenvalue weighted by atomic mass is 15.2. The van der Waals surface area contributed by atoms with E-state index in [-0.39, 0.29) is 0 Å². The number of hydrogen-bond acceptors (Lipinski definition) is 2. The van der Waals surface area contributed by atoms with Crippen LogP contribution in [0.3, 0.4) is 0 Å². The topological polar surface area (TPSA) is 29.3 Å². The molecule has 0 saturated heterocycles. The lowest BCUT2D eigenvalue weighted by molar-refractivity contribution is 0.409. The summed E-state index contributed by atoms with van der Waals surface area (Å²) in [7, 11) is 0. The first kappa shape index (κ1) is 10.2. The van der Waals surface area contributed by atoms with E-state index in [4.69, 9.17) is 5.73 Å². The standard InChI is InChI=1S/C14H20N2/c1-11(14(10-15)7-8-14)16-9-6-12-4-2-3-5-13(12)16/h2-5,11H,6-10,15H2,1H3. The SMILES string of the molecule is CC(N1CCc2ccccc21)C1(CN)CC1. The second-order valence-corrected chi connectivity index (χ2v) is 5.31. The first-order chi connectivity index (χ1) is 7.77. The summed E-state index contributed by atoms with van der Waals surface area (Å²) in [6, 6.07) is 9.39. The van der Waals surface area contributed by atoms with Gasteiger partial charge in [0.25, 0.3) is 0 Å². The van der Waals surface area contributed by atoms with E-state index in [1.807, 2.05) is 0 Å². The number of anilines is 1. The van der Waals surface area contributed by atoms with Gasteiger partial charge < -0.3 is 10.6 Å². The molecular formula is C14H20N2. The number of para-hydroxylation sites is 1. The molecule has 0 aromatic heterocycles. The molecule has 2 N–H and O–H groups in total. The van der Waals surface area contributed by atoms with Crippen molar-refractivity contribution in [3.8, 4) is 0 Å². The van der Waals surface area contributed by atoms with Gasteiger partial charge in [-0.25, -0.2) is 0 Å². The third-order valence-corrected chi connectivity index (χ3v) is 4.58. The van der Waals surface area contributed by atoms with E-state index in [1.165, 1.54) is 37.1 Å². The summed E-state index contributed by atoms with van der Waals surface area (Å²) in [5.41, 5.74) is 9.29. The van der Waals surface area contributed by atoms with Crippen molar-refractivity contribution in [2.24, 2.45) is 11.1 Å². The molecule has 1 aliphatic heterocycles. The average Bonchev–Trinajstić information content (AvgIpc) is 3.02. The number of hydrogen-bond donors (Lipinski definition) is 1. The molecule has 2 heteroatoms. The summed E-state index contributed by atoms with van der Waals surface area (Å²) in [5, 5.41) is 0. The van der Waals surface area contributed by atoms with Gasteiger partial charge in [-0.15, -0.1) is 0 Å². The molecule has 2 nitrogen and oxygen atoms in total. The largest absolute Gasteiger partial charge is 0.368 e.